The highest BCUT2D eigenvalue weighted by molar-refractivity contribution is 6.16. The molecule has 0 saturated heterocycles. The van der Waals surface area contributed by atoms with Gasteiger partial charge in [0.2, 0.25) is 0 Å². The Labute approximate surface area is 198 Å². The minimum atomic E-state index is -0.560. The fourth-order valence-electron chi connectivity index (χ4n) is 3.41. The van der Waals surface area contributed by atoms with Gasteiger partial charge in [0, 0.05) is 18.6 Å². The Morgan fingerprint density at radius 3 is 2.54 bits per heavy atom. The van der Waals surface area contributed by atoms with Crippen LogP contribution in [0.5, 0.6) is 5.75 Å². The fraction of sp³-hybridized carbons (Fsp3) is 0. The third-order valence-electron chi connectivity index (χ3n) is 4.99. The minimum Gasteiger partial charge on any atom is -0.505 e. The molecule has 5 aromatic rings. The zero-order valence-corrected chi connectivity index (χ0v) is 17.9. The van der Waals surface area contributed by atoms with E-state index in [-0.39, 0.29) is 34.3 Å². The van der Waals surface area contributed by atoms with Gasteiger partial charge in [-0.3, -0.25) is 4.79 Å². The molecule has 1 amide bonds. The number of benzene rings is 2. The summed E-state index contributed by atoms with van der Waals surface area (Å²) in [6.45, 7) is 0. The van der Waals surface area contributed by atoms with Gasteiger partial charge in [0.15, 0.2) is 11.6 Å². The van der Waals surface area contributed by atoms with Crippen LogP contribution in [-0.2, 0) is 0 Å². The van der Waals surface area contributed by atoms with Crippen LogP contribution >= 0.6 is 0 Å². The molecule has 2 N–H and O–H groups in total. The lowest BCUT2D eigenvalue weighted by molar-refractivity contribution is 0.102. The number of hydrogen-bond donors (Lipinski definition) is 2. The van der Waals surface area contributed by atoms with Crippen LogP contribution in [0.1, 0.15) is 15.9 Å². The number of aromatic hydroxyl groups is 1. The maximum Gasteiger partial charge on any atom is 0.261 e. The largest absolute Gasteiger partial charge is 0.505 e. The molecule has 168 valence electrons. The molecular weight excluding hydrogens is 446 g/mol. The maximum atomic E-state index is 13.1. The minimum absolute atomic E-state index is 0.0168. The van der Waals surface area contributed by atoms with Crippen molar-refractivity contribution in [3.8, 4) is 17.8 Å². The first-order valence-corrected chi connectivity index (χ1v) is 10.3. The molecule has 2 aromatic carbocycles. The van der Waals surface area contributed by atoms with E-state index in [1.54, 1.807) is 60.8 Å². The summed E-state index contributed by atoms with van der Waals surface area (Å²) >= 11 is 0. The van der Waals surface area contributed by atoms with Gasteiger partial charge in [0.25, 0.3) is 11.9 Å². The summed E-state index contributed by atoms with van der Waals surface area (Å²) in [6, 6.07) is 17.4. The van der Waals surface area contributed by atoms with Gasteiger partial charge in [0.1, 0.15) is 23.1 Å². The lowest BCUT2D eigenvalue weighted by Crippen LogP contribution is -2.13. The average molecular weight is 461 g/mol. The zero-order chi connectivity index (χ0) is 24.2. The summed E-state index contributed by atoms with van der Waals surface area (Å²) in [4.78, 5) is 25.4. The molecular formula is C24H15N9O2. The van der Waals surface area contributed by atoms with Crippen molar-refractivity contribution in [1.29, 1.82) is 5.26 Å². The van der Waals surface area contributed by atoms with Crippen LogP contribution < -0.4 is 5.32 Å². The number of amides is 1. The van der Waals surface area contributed by atoms with Crippen molar-refractivity contribution in [3.05, 3.63) is 90.5 Å². The highest BCUT2D eigenvalue weighted by Crippen LogP contribution is 2.38. The second-order valence-electron chi connectivity index (χ2n) is 7.16. The summed E-state index contributed by atoms with van der Waals surface area (Å²) in [5, 5.41) is 36.8. The normalized spacial score (nSPS) is 10.9. The van der Waals surface area contributed by atoms with E-state index in [9.17, 15) is 15.2 Å². The van der Waals surface area contributed by atoms with Crippen molar-refractivity contribution in [2.75, 3.05) is 5.32 Å². The Morgan fingerprint density at radius 1 is 1.00 bits per heavy atom. The Hall–Kier alpha value is -5.50. The third kappa shape index (κ3) is 4.14. The Morgan fingerprint density at radius 2 is 1.77 bits per heavy atom. The molecule has 0 aliphatic heterocycles. The third-order valence-corrected chi connectivity index (χ3v) is 4.99. The molecule has 0 spiro atoms. The monoisotopic (exact) mass is 461 g/mol. The quantitative estimate of drug-likeness (QED) is 0.366. The van der Waals surface area contributed by atoms with E-state index in [1.807, 2.05) is 6.07 Å². The number of carbonyl (C=O) groups excluding carboxylic acids is 1. The van der Waals surface area contributed by atoms with Crippen LogP contribution in [0, 0.1) is 11.3 Å². The van der Waals surface area contributed by atoms with E-state index >= 15 is 0 Å². The van der Waals surface area contributed by atoms with Crippen LogP contribution in [-0.4, -0.2) is 35.7 Å². The molecule has 0 unspecified atom stereocenters. The number of azo groups is 1. The molecule has 11 nitrogen and oxygen atoms in total. The van der Waals surface area contributed by atoms with E-state index in [4.69, 9.17) is 0 Å². The van der Waals surface area contributed by atoms with Crippen LogP contribution in [0.3, 0.4) is 0 Å². The van der Waals surface area contributed by atoms with E-state index in [1.165, 1.54) is 23.3 Å². The molecule has 0 atom stereocenters. The Kier molecular flexibility index (Phi) is 5.59. The molecule has 11 heteroatoms. The molecule has 35 heavy (non-hydrogen) atoms. The standard InChI is InChI=1S/C24H15N9O2/c25-13-16-14-29-33(24-27-10-5-11-28-24)22(16)32-31-18-12-15-6-1-2-7-17(15)20(21(18)34)23(35)30-19-8-3-4-9-26-19/h1-12,14,34H,(H,26,30,35). The number of anilines is 1. The predicted octanol–water partition coefficient (Wildman–Crippen LogP) is 4.46. The Balaban J connectivity index is 1.60. The van der Waals surface area contributed by atoms with Crippen molar-refractivity contribution in [1.82, 2.24) is 24.7 Å². The van der Waals surface area contributed by atoms with Gasteiger partial charge in [-0.05, 0) is 35.0 Å². The average Bonchev–Trinajstić information content (AvgIpc) is 3.31. The predicted molar refractivity (Wildman–Crippen MR) is 126 cm³/mol. The van der Waals surface area contributed by atoms with Gasteiger partial charge < -0.3 is 10.4 Å². The number of nitrogens with zero attached hydrogens (tertiary/aromatic N) is 8. The molecule has 0 bridgehead atoms. The first-order valence-electron chi connectivity index (χ1n) is 10.3. The van der Waals surface area contributed by atoms with E-state index in [0.717, 1.165) is 0 Å². The van der Waals surface area contributed by atoms with Crippen LogP contribution in [0.4, 0.5) is 17.3 Å². The smallest absolute Gasteiger partial charge is 0.261 e. The van der Waals surface area contributed by atoms with Gasteiger partial charge in [0.05, 0.1) is 11.8 Å². The summed E-state index contributed by atoms with van der Waals surface area (Å²) in [5.74, 6) is -0.332. The number of phenolic OH excluding ortho intramolecular Hbond substituents is 1. The molecule has 0 aliphatic rings. The molecule has 0 radical (unpaired) electrons. The van der Waals surface area contributed by atoms with Crippen molar-refractivity contribution >= 4 is 34.0 Å². The zero-order valence-electron chi connectivity index (χ0n) is 17.9. The van der Waals surface area contributed by atoms with E-state index in [0.29, 0.717) is 16.6 Å². The van der Waals surface area contributed by atoms with Crippen molar-refractivity contribution in [2.24, 2.45) is 10.2 Å². The fourth-order valence-corrected chi connectivity index (χ4v) is 3.41. The number of aromatic nitrogens is 5. The number of nitrogens with one attached hydrogen (secondary N) is 1. The molecule has 3 aromatic heterocycles. The summed E-state index contributed by atoms with van der Waals surface area (Å²) in [6.07, 6.45) is 5.92. The first-order chi connectivity index (χ1) is 17.2. The number of nitriles is 1. The molecule has 0 fully saturated rings. The van der Waals surface area contributed by atoms with Crippen molar-refractivity contribution < 1.29 is 9.90 Å². The number of phenols is 1. The van der Waals surface area contributed by atoms with Crippen LogP contribution in [0.2, 0.25) is 0 Å². The first kappa shape index (κ1) is 21.4. The number of carbonyl (C=O) groups is 1. The van der Waals surface area contributed by atoms with Gasteiger partial charge >= 0.3 is 0 Å². The number of fused-ring (bicyclic) bond motifs is 1. The molecule has 0 aliphatic carbocycles. The molecule has 3 heterocycles. The number of pyridine rings is 1. The van der Waals surface area contributed by atoms with E-state index < -0.39 is 5.91 Å². The Bertz CT molecular complexity index is 1610. The topological polar surface area (TPSA) is 154 Å². The van der Waals surface area contributed by atoms with Gasteiger partial charge in [-0.25, -0.2) is 15.0 Å². The second kappa shape index (κ2) is 9.16. The lowest BCUT2D eigenvalue weighted by Gasteiger charge is -2.11. The summed E-state index contributed by atoms with van der Waals surface area (Å²) < 4.78 is 1.26. The summed E-state index contributed by atoms with van der Waals surface area (Å²) in [7, 11) is 0. The van der Waals surface area contributed by atoms with Crippen molar-refractivity contribution in [2.45, 2.75) is 0 Å². The lowest BCUT2D eigenvalue weighted by atomic mass is 10.0. The highest BCUT2D eigenvalue weighted by atomic mass is 16.3. The van der Waals surface area contributed by atoms with Gasteiger partial charge in [-0.1, -0.05) is 30.3 Å². The van der Waals surface area contributed by atoms with Gasteiger partial charge in [-0.2, -0.15) is 15.0 Å². The van der Waals surface area contributed by atoms with Crippen LogP contribution in [0.25, 0.3) is 16.7 Å². The SMILES string of the molecule is N#Cc1cnn(-c2ncccn2)c1N=Nc1cc2ccccc2c(C(=O)Nc2ccccn2)c1O. The summed E-state index contributed by atoms with van der Waals surface area (Å²) in [5.41, 5.74) is 0.179. The maximum absolute atomic E-state index is 13.1. The second-order valence-corrected chi connectivity index (χ2v) is 7.16. The van der Waals surface area contributed by atoms with E-state index in [2.05, 4.69) is 35.6 Å². The number of rotatable bonds is 5. The highest BCUT2D eigenvalue weighted by Gasteiger charge is 2.20. The van der Waals surface area contributed by atoms with Gasteiger partial charge in [-0.15, -0.1) is 10.2 Å². The van der Waals surface area contributed by atoms with Crippen molar-refractivity contribution in [3.63, 3.8) is 0 Å². The molecule has 0 saturated carbocycles. The molecule has 5 rings (SSSR count). The van der Waals surface area contributed by atoms with Crippen LogP contribution in [0.15, 0.2) is 89.6 Å². The number of hydrogen-bond acceptors (Lipinski definition) is 9.